The van der Waals surface area contributed by atoms with Crippen LogP contribution in [0, 0.1) is 6.92 Å². The summed E-state index contributed by atoms with van der Waals surface area (Å²) in [4.78, 5) is 51.5. The molecule has 10 heteroatoms. The maximum atomic E-state index is 13.8. The maximum absolute atomic E-state index is 13.8. The number of hydrogen-bond donors (Lipinski definition) is 1. The zero-order valence-corrected chi connectivity index (χ0v) is 24.3. The Labute approximate surface area is 235 Å². The molecule has 2 atom stereocenters. The fraction of sp³-hybridized carbons (Fsp3) is 0.393. The number of amides is 2. The molecule has 0 aliphatic carbocycles. The number of nitrogens with one attached hydrogen (secondary N) is 1. The van der Waals surface area contributed by atoms with Gasteiger partial charge in [-0.3, -0.25) is 9.59 Å². The van der Waals surface area contributed by atoms with Gasteiger partial charge < -0.3 is 15.0 Å². The van der Waals surface area contributed by atoms with E-state index in [1.54, 1.807) is 44.1 Å². The first-order chi connectivity index (χ1) is 18.0. The van der Waals surface area contributed by atoms with Gasteiger partial charge in [0.25, 0.3) is 5.91 Å². The highest BCUT2D eigenvalue weighted by Crippen LogP contribution is 2.24. The summed E-state index contributed by atoms with van der Waals surface area (Å²) in [7, 11) is 0. The first-order valence-corrected chi connectivity index (χ1v) is 14.1. The summed E-state index contributed by atoms with van der Waals surface area (Å²) in [5, 5.41) is 2.93. The summed E-state index contributed by atoms with van der Waals surface area (Å²) < 4.78 is 6.38. The van der Waals surface area contributed by atoms with E-state index in [0.717, 1.165) is 20.5 Å². The van der Waals surface area contributed by atoms with Crippen LogP contribution in [0.25, 0.3) is 11.4 Å². The summed E-state index contributed by atoms with van der Waals surface area (Å²) in [6, 6.07) is 9.70. The molecule has 8 nitrogen and oxygen atoms in total. The summed E-state index contributed by atoms with van der Waals surface area (Å²) >= 11 is 4.71. The number of thiophene rings is 1. The lowest BCUT2D eigenvalue weighted by atomic mass is 10.0. The number of halogens is 1. The molecule has 0 spiro atoms. The fourth-order valence-electron chi connectivity index (χ4n) is 4.32. The number of esters is 1. The van der Waals surface area contributed by atoms with E-state index in [1.165, 1.54) is 11.3 Å². The number of carbonyl (C=O) groups is 3. The SMILES string of the molecule is Cc1ccc(C(=O)N[C@@H](Cc2ccc(-c3ncc(Br)cn3)cc2)C(=O)N2CCC[C@H]2C(=O)OC(C)(C)C)s1. The van der Waals surface area contributed by atoms with Gasteiger partial charge in [0.1, 0.15) is 17.7 Å². The molecule has 2 aromatic heterocycles. The van der Waals surface area contributed by atoms with E-state index in [0.29, 0.717) is 30.1 Å². The average molecular weight is 600 g/mol. The summed E-state index contributed by atoms with van der Waals surface area (Å²) in [6.07, 6.45) is 4.87. The van der Waals surface area contributed by atoms with Crippen LogP contribution in [0.4, 0.5) is 0 Å². The molecule has 3 heterocycles. The fourth-order valence-corrected chi connectivity index (χ4v) is 5.29. The van der Waals surface area contributed by atoms with Gasteiger partial charge in [0.05, 0.1) is 9.35 Å². The third-order valence-corrected chi connectivity index (χ3v) is 7.46. The lowest BCUT2D eigenvalue weighted by molar-refractivity contribution is -0.163. The Hall–Kier alpha value is -3.11. The van der Waals surface area contributed by atoms with Crippen molar-refractivity contribution < 1.29 is 19.1 Å². The molecule has 0 radical (unpaired) electrons. The number of hydrogen-bond acceptors (Lipinski definition) is 7. The Bertz CT molecular complexity index is 1300. The molecule has 2 amide bonds. The second-order valence-corrected chi connectivity index (χ2v) is 12.5. The standard InChI is InChI=1S/C28H31BrN4O4S/c1-17-7-12-23(38-17)25(34)32-21(26(35)33-13-5-6-22(33)27(36)37-28(2,3)4)14-18-8-10-19(11-9-18)24-30-15-20(29)16-31-24/h7-12,15-16,21-22H,5-6,13-14H2,1-4H3,(H,32,34)/t21-,22-/m0/s1. The van der Waals surface area contributed by atoms with Crippen LogP contribution in [0.15, 0.2) is 53.3 Å². The van der Waals surface area contributed by atoms with Gasteiger partial charge in [0.2, 0.25) is 5.91 Å². The molecule has 3 aromatic rings. The molecule has 0 bridgehead atoms. The lowest BCUT2D eigenvalue weighted by Crippen LogP contribution is -2.53. The van der Waals surface area contributed by atoms with E-state index in [1.807, 2.05) is 37.3 Å². The van der Waals surface area contributed by atoms with E-state index >= 15 is 0 Å². The summed E-state index contributed by atoms with van der Waals surface area (Å²) in [6.45, 7) is 7.78. The summed E-state index contributed by atoms with van der Waals surface area (Å²) in [5.41, 5.74) is 1.05. The van der Waals surface area contributed by atoms with Crippen molar-refractivity contribution in [1.29, 1.82) is 0 Å². The quantitative estimate of drug-likeness (QED) is 0.386. The molecule has 0 saturated carbocycles. The largest absolute Gasteiger partial charge is 0.458 e. The smallest absolute Gasteiger partial charge is 0.329 e. The van der Waals surface area contributed by atoms with Gasteiger partial charge in [-0.05, 0) is 74.2 Å². The molecule has 38 heavy (non-hydrogen) atoms. The van der Waals surface area contributed by atoms with Crippen LogP contribution in [-0.2, 0) is 20.7 Å². The van der Waals surface area contributed by atoms with Crippen molar-refractivity contribution in [3.63, 3.8) is 0 Å². The highest BCUT2D eigenvalue weighted by molar-refractivity contribution is 9.10. The number of aryl methyl sites for hydroxylation is 1. The van der Waals surface area contributed by atoms with Crippen LogP contribution in [0.2, 0.25) is 0 Å². The molecule has 1 aliphatic heterocycles. The number of likely N-dealkylation sites (tertiary alicyclic amines) is 1. The van der Waals surface area contributed by atoms with Crippen LogP contribution >= 0.6 is 27.3 Å². The minimum absolute atomic E-state index is 0.272. The molecule has 1 aromatic carbocycles. The highest BCUT2D eigenvalue weighted by Gasteiger charge is 2.39. The van der Waals surface area contributed by atoms with Gasteiger partial charge in [0, 0.05) is 35.8 Å². The van der Waals surface area contributed by atoms with E-state index < -0.39 is 23.7 Å². The molecule has 200 valence electrons. The van der Waals surface area contributed by atoms with Gasteiger partial charge >= 0.3 is 5.97 Å². The van der Waals surface area contributed by atoms with Crippen LogP contribution < -0.4 is 5.32 Å². The van der Waals surface area contributed by atoms with Crippen LogP contribution in [0.5, 0.6) is 0 Å². The number of carbonyl (C=O) groups excluding carboxylic acids is 3. The number of rotatable bonds is 7. The van der Waals surface area contributed by atoms with Crippen molar-refractivity contribution in [1.82, 2.24) is 20.2 Å². The Morgan fingerprint density at radius 2 is 1.82 bits per heavy atom. The van der Waals surface area contributed by atoms with E-state index in [-0.39, 0.29) is 18.2 Å². The molecule has 0 unspecified atom stereocenters. The van der Waals surface area contributed by atoms with Gasteiger partial charge in [-0.1, -0.05) is 24.3 Å². The molecular formula is C28H31BrN4O4S. The molecule has 1 N–H and O–H groups in total. The average Bonchev–Trinajstić information content (AvgIpc) is 3.53. The lowest BCUT2D eigenvalue weighted by Gasteiger charge is -2.30. The Balaban J connectivity index is 1.56. The van der Waals surface area contributed by atoms with E-state index in [4.69, 9.17) is 4.74 Å². The Kier molecular flexibility index (Phi) is 8.62. The van der Waals surface area contributed by atoms with Crippen LogP contribution in [0.3, 0.4) is 0 Å². The predicted molar refractivity (Wildman–Crippen MR) is 150 cm³/mol. The first-order valence-electron chi connectivity index (χ1n) is 12.5. The molecule has 1 saturated heterocycles. The van der Waals surface area contributed by atoms with Gasteiger partial charge in [-0.15, -0.1) is 11.3 Å². The number of nitrogens with zero attached hydrogens (tertiary/aromatic N) is 3. The third kappa shape index (κ3) is 7.05. The zero-order valence-electron chi connectivity index (χ0n) is 21.9. The topological polar surface area (TPSA) is 101 Å². The first kappa shape index (κ1) is 27.9. The Morgan fingerprint density at radius 3 is 2.42 bits per heavy atom. The highest BCUT2D eigenvalue weighted by atomic mass is 79.9. The zero-order chi connectivity index (χ0) is 27.4. The van der Waals surface area contributed by atoms with Crippen molar-refractivity contribution in [2.75, 3.05) is 6.54 Å². The number of aromatic nitrogens is 2. The van der Waals surface area contributed by atoms with E-state index in [2.05, 4.69) is 31.2 Å². The van der Waals surface area contributed by atoms with Crippen molar-refractivity contribution in [2.45, 2.75) is 64.6 Å². The normalized spacial score (nSPS) is 16.2. The van der Waals surface area contributed by atoms with Crippen molar-refractivity contribution in [3.8, 4) is 11.4 Å². The van der Waals surface area contributed by atoms with E-state index in [9.17, 15) is 14.4 Å². The Morgan fingerprint density at radius 1 is 1.13 bits per heavy atom. The summed E-state index contributed by atoms with van der Waals surface area (Å²) in [5.74, 6) is -0.429. The van der Waals surface area contributed by atoms with Crippen molar-refractivity contribution in [3.05, 3.63) is 68.6 Å². The van der Waals surface area contributed by atoms with Gasteiger partial charge in [-0.2, -0.15) is 0 Å². The van der Waals surface area contributed by atoms with Crippen molar-refractivity contribution >= 4 is 45.1 Å². The molecule has 4 rings (SSSR count). The minimum atomic E-state index is -0.845. The van der Waals surface area contributed by atoms with Crippen molar-refractivity contribution in [2.24, 2.45) is 0 Å². The monoisotopic (exact) mass is 598 g/mol. The minimum Gasteiger partial charge on any atom is -0.458 e. The number of ether oxygens (including phenoxy) is 1. The van der Waals surface area contributed by atoms with Gasteiger partial charge in [-0.25, -0.2) is 14.8 Å². The van der Waals surface area contributed by atoms with Crippen LogP contribution in [0.1, 0.15) is 53.7 Å². The second-order valence-electron chi connectivity index (χ2n) is 10.3. The molecule has 1 fully saturated rings. The van der Waals surface area contributed by atoms with Crippen LogP contribution in [-0.4, -0.2) is 56.9 Å². The maximum Gasteiger partial charge on any atom is 0.329 e. The number of benzene rings is 1. The second kappa shape index (κ2) is 11.7. The third-order valence-electron chi connectivity index (χ3n) is 6.05. The predicted octanol–water partition coefficient (Wildman–Crippen LogP) is 4.95. The van der Waals surface area contributed by atoms with Gasteiger partial charge in [0.15, 0.2) is 5.82 Å². The molecular weight excluding hydrogens is 568 g/mol. The molecule has 1 aliphatic rings.